The molecule has 1 saturated heterocycles. The van der Waals surface area contributed by atoms with Crippen molar-refractivity contribution in [3.05, 3.63) is 0 Å². The van der Waals surface area contributed by atoms with Gasteiger partial charge < -0.3 is 25.4 Å². The van der Waals surface area contributed by atoms with Gasteiger partial charge in [0, 0.05) is 18.5 Å². The number of nitrogens with one attached hydrogen (secondary N) is 1. The molecule has 7 heteroatoms. The second-order valence-electron chi connectivity index (χ2n) is 4.83. The number of aliphatic carboxylic acids is 1. The third kappa shape index (κ3) is 3.95. The van der Waals surface area contributed by atoms with Crippen molar-refractivity contribution < 1.29 is 19.9 Å². The Kier molecular flexibility index (Phi) is 5.39. The van der Waals surface area contributed by atoms with Crippen molar-refractivity contribution in [3.8, 4) is 0 Å². The Labute approximate surface area is 102 Å². The molecule has 1 aliphatic heterocycles. The maximum Gasteiger partial charge on any atom is 0.451 e. The Morgan fingerprint density at radius 2 is 2.12 bits per heavy atom. The summed E-state index contributed by atoms with van der Waals surface area (Å²) in [4.78, 5) is 13.1. The van der Waals surface area contributed by atoms with Crippen molar-refractivity contribution in [2.45, 2.75) is 31.2 Å². The average molecular weight is 244 g/mol. The Hall–Kier alpha value is -0.625. The quantitative estimate of drug-likeness (QED) is 0.440. The van der Waals surface area contributed by atoms with Gasteiger partial charge in [0.15, 0.2) is 0 Å². The van der Waals surface area contributed by atoms with E-state index in [0.717, 1.165) is 0 Å². The smallest absolute Gasteiger partial charge is 0.451 e. The number of nitrogens with zero attached hydrogens (tertiary/aromatic N) is 1. The lowest BCUT2D eigenvalue weighted by Crippen LogP contribution is -2.39. The normalized spacial score (nSPS) is 28.6. The third-order valence-electron chi connectivity index (χ3n) is 3.40. The molecule has 0 saturated carbocycles. The highest BCUT2D eigenvalue weighted by molar-refractivity contribution is 6.40. The van der Waals surface area contributed by atoms with E-state index in [1.807, 2.05) is 19.0 Å². The van der Waals surface area contributed by atoms with Crippen LogP contribution < -0.4 is 5.32 Å². The zero-order valence-electron chi connectivity index (χ0n) is 10.3. The second-order valence-corrected chi connectivity index (χ2v) is 4.83. The number of carbonyl (C=O) groups is 1. The molecule has 0 aromatic carbocycles. The van der Waals surface area contributed by atoms with Crippen LogP contribution in [-0.4, -0.2) is 65.9 Å². The summed E-state index contributed by atoms with van der Waals surface area (Å²) in [6.45, 7) is 0.663. The van der Waals surface area contributed by atoms with Gasteiger partial charge >= 0.3 is 13.1 Å². The molecule has 0 aliphatic carbocycles. The number of carboxylic acids is 1. The van der Waals surface area contributed by atoms with Crippen molar-refractivity contribution >= 4 is 13.1 Å². The highest BCUT2D eigenvalue weighted by Gasteiger charge is 2.40. The van der Waals surface area contributed by atoms with Crippen molar-refractivity contribution in [2.24, 2.45) is 5.92 Å². The molecule has 0 amide bonds. The molecule has 4 N–H and O–H groups in total. The minimum Gasteiger partial charge on any atom is -0.480 e. The molecule has 0 bridgehead atoms. The lowest BCUT2D eigenvalue weighted by molar-refractivity contribution is -0.140. The van der Waals surface area contributed by atoms with Crippen LogP contribution in [-0.2, 0) is 4.79 Å². The molecule has 6 nitrogen and oxygen atoms in total. The Balaban J connectivity index is 2.56. The molecule has 0 spiro atoms. The van der Waals surface area contributed by atoms with Crippen LogP contribution in [0.3, 0.4) is 0 Å². The van der Waals surface area contributed by atoms with Crippen molar-refractivity contribution in [2.75, 3.05) is 20.6 Å². The van der Waals surface area contributed by atoms with Crippen LogP contribution in [0.4, 0.5) is 0 Å². The van der Waals surface area contributed by atoms with Gasteiger partial charge in [0.25, 0.3) is 0 Å². The van der Waals surface area contributed by atoms with Crippen molar-refractivity contribution in [3.63, 3.8) is 0 Å². The van der Waals surface area contributed by atoms with E-state index in [-0.39, 0.29) is 12.0 Å². The third-order valence-corrected chi connectivity index (χ3v) is 3.40. The summed E-state index contributed by atoms with van der Waals surface area (Å²) >= 11 is 0. The molecule has 1 heterocycles. The summed E-state index contributed by atoms with van der Waals surface area (Å²) in [6.07, 6.45) is 1.60. The van der Waals surface area contributed by atoms with Crippen LogP contribution in [0, 0.1) is 5.92 Å². The van der Waals surface area contributed by atoms with Gasteiger partial charge in [-0.15, -0.1) is 0 Å². The molecule has 0 aromatic heterocycles. The summed E-state index contributed by atoms with van der Waals surface area (Å²) < 4.78 is 0. The fraction of sp³-hybridized carbons (Fsp3) is 0.900. The molecule has 3 unspecified atom stereocenters. The van der Waals surface area contributed by atoms with Crippen LogP contribution in [0.25, 0.3) is 0 Å². The summed E-state index contributed by atoms with van der Waals surface area (Å²) in [5, 5.41) is 29.7. The van der Waals surface area contributed by atoms with Crippen molar-refractivity contribution in [1.29, 1.82) is 0 Å². The number of hydrogen-bond donors (Lipinski definition) is 4. The van der Waals surface area contributed by atoms with Crippen LogP contribution in [0.1, 0.15) is 12.8 Å². The van der Waals surface area contributed by atoms with E-state index in [1.165, 1.54) is 0 Å². The average Bonchev–Trinajstić information content (AvgIpc) is 2.60. The van der Waals surface area contributed by atoms with Gasteiger partial charge in [-0.2, -0.15) is 0 Å². The molecule has 1 rings (SSSR count). The largest absolute Gasteiger partial charge is 0.480 e. The molecule has 0 aromatic rings. The van der Waals surface area contributed by atoms with Crippen molar-refractivity contribution in [1.82, 2.24) is 10.2 Å². The fourth-order valence-electron chi connectivity index (χ4n) is 2.50. The highest BCUT2D eigenvalue weighted by Crippen LogP contribution is 2.25. The van der Waals surface area contributed by atoms with E-state index in [2.05, 4.69) is 5.32 Å². The second kappa shape index (κ2) is 6.35. The number of likely N-dealkylation sites (N-methyl/N-ethyl adjacent to an activating group) is 1. The number of carboxylic acid groups (broad SMARTS) is 1. The minimum atomic E-state index is -1.30. The van der Waals surface area contributed by atoms with Gasteiger partial charge in [-0.05, 0) is 26.8 Å². The summed E-state index contributed by atoms with van der Waals surface area (Å²) in [6, 6.07) is -0.342. The Morgan fingerprint density at radius 3 is 2.59 bits per heavy atom. The van der Waals surface area contributed by atoms with E-state index in [1.54, 1.807) is 0 Å². The molecular formula is C10H21BN2O4. The van der Waals surface area contributed by atoms with E-state index in [0.29, 0.717) is 25.7 Å². The predicted molar refractivity (Wildman–Crippen MR) is 64.6 cm³/mol. The van der Waals surface area contributed by atoms with Gasteiger partial charge in [-0.1, -0.05) is 6.42 Å². The SMILES string of the molecule is CN(C)C1CNC(C(=O)O)C1CCCB(O)O. The van der Waals surface area contributed by atoms with E-state index >= 15 is 0 Å². The van der Waals surface area contributed by atoms with Gasteiger partial charge in [0.1, 0.15) is 6.04 Å². The van der Waals surface area contributed by atoms with Crippen LogP contribution in [0.15, 0.2) is 0 Å². The summed E-state index contributed by atoms with van der Waals surface area (Å²) in [7, 11) is 2.57. The fourth-order valence-corrected chi connectivity index (χ4v) is 2.50. The Bertz CT molecular complexity index is 263. The minimum absolute atomic E-state index is 0.0150. The Morgan fingerprint density at radius 1 is 1.47 bits per heavy atom. The van der Waals surface area contributed by atoms with Crippen LogP contribution >= 0.6 is 0 Å². The standard InChI is InChI=1S/C10H21BN2O4/c1-13(2)8-6-12-9(10(14)15)7(8)4-3-5-11(16)17/h7-9,12,16-17H,3-6H2,1-2H3,(H,14,15). The van der Waals surface area contributed by atoms with Gasteiger partial charge in [-0.3, -0.25) is 4.79 Å². The van der Waals surface area contributed by atoms with E-state index < -0.39 is 19.1 Å². The van der Waals surface area contributed by atoms with E-state index in [9.17, 15) is 4.79 Å². The zero-order chi connectivity index (χ0) is 13.0. The molecule has 98 valence electrons. The molecule has 1 fully saturated rings. The zero-order valence-corrected chi connectivity index (χ0v) is 10.3. The predicted octanol–water partition coefficient (Wildman–Crippen LogP) is -1.16. The molecule has 17 heavy (non-hydrogen) atoms. The first-order valence-corrected chi connectivity index (χ1v) is 5.92. The molecule has 0 radical (unpaired) electrons. The summed E-state index contributed by atoms with van der Waals surface area (Å²) in [5.41, 5.74) is 0. The van der Waals surface area contributed by atoms with Gasteiger partial charge in [0.05, 0.1) is 0 Å². The van der Waals surface area contributed by atoms with E-state index in [4.69, 9.17) is 15.2 Å². The van der Waals surface area contributed by atoms with Gasteiger partial charge in [0.2, 0.25) is 0 Å². The topological polar surface area (TPSA) is 93.0 Å². The molecule has 1 aliphatic rings. The lowest BCUT2D eigenvalue weighted by atomic mass is 9.80. The molecule has 3 atom stereocenters. The van der Waals surface area contributed by atoms with Crippen LogP contribution in [0.2, 0.25) is 6.32 Å². The molecular weight excluding hydrogens is 223 g/mol. The monoisotopic (exact) mass is 244 g/mol. The number of rotatable bonds is 6. The van der Waals surface area contributed by atoms with Gasteiger partial charge in [-0.25, -0.2) is 0 Å². The maximum absolute atomic E-state index is 11.1. The first-order chi connectivity index (χ1) is 7.93. The first kappa shape index (κ1) is 14.4. The number of hydrogen-bond acceptors (Lipinski definition) is 5. The highest BCUT2D eigenvalue weighted by atomic mass is 16.4. The maximum atomic E-state index is 11.1. The first-order valence-electron chi connectivity index (χ1n) is 5.92. The summed E-state index contributed by atoms with van der Waals surface area (Å²) in [5.74, 6) is -0.815. The lowest BCUT2D eigenvalue weighted by Gasteiger charge is -2.27. The van der Waals surface area contributed by atoms with Crippen LogP contribution in [0.5, 0.6) is 0 Å².